The number of hydrogen-bond acceptors (Lipinski definition) is 8. The van der Waals surface area contributed by atoms with Crippen molar-refractivity contribution in [3.63, 3.8) is 0 Å². The number of carbonyl (C=O) groups is 3. The highest BCUT2D eigenvalue weighted by Crippen LogP contribution is 2.46. The molecule has 2 aromatic heterocycles. The van der Waals surface area contributed by atoms with Crippen LogP contribution in [0.3, 0.4) is 0 Å². The minimum atomic E-state index is -2.01. The van der Waals surface area contributed by atoms with Crippen LogP contribution in [0, 0.1) is 5.82 Å². The second-order valence-corrected chi connectivity index (χ2v) is 14.7. The summed E-state index contributed by atoms with van der Waals surface area (Å²) in [5, 5.41) is 25.6. The quantitative estimate of drug-likeness (QED) is 0.212. The molecule has 4 aliphatic heterocycles. The molecular weight excluding hydrogens is 746 g/mol. The van der Waals surface area contributed by atoms with E-state index in [2.05, 4.69) is 5.32 Å². The SMILES string of the molecule is CC[C@@]1(O)C(=O)OCc2c1cc1n(c2=O)Cc2c-1nc1cc(F)c(Cl)c3c1c2C(NC(=O)CN1CC(O)C2=C(C=IC=C2)C1=O)CC3. The number of pyridine rings is 2. The van der Waals surface area contributed by atoms with E-state index in [4.69, 9.17) is 21.3 Å². The van der Waals surface area contributed by atoms with Crippen LogP contribution >= 0.6 is 32.3 Å². The maximum absolute atomic E-state index is 15.1. The number of hydrogen-bond donors (Lipinski definition) is 3. The topological polar surface area (TPSA) is 151 Å². The summed E-state index contributed by atoms with van der Waals surface area (Å²) >= 11 is 6.01. The van der Waals surface area contributed by atoms with Crippen LogP contribution < -0.4 is 10.9 Å². The predicted octanol–water partition coefficient (Wildman–Crippen LogP) is 2.78. The van der Waals surface area contributed by atoms with Gasteiger partial charge in [-0.2, -0.15) is 0 Å². The Kier molecular flexibility index (Phi) is 7.06. The Hall–Kier alpha value is -3.79. The van der Waals surface area contributed by atoms with Gasteiger partial charge in [0.2, 0.25) is 5.91 Å². The molecule has 5 aliphatic rings. The van der Waals surface area contributed by atoms with E-state index in [1.54, 1.807) is 19.1 Å². The van der Waals surface area contributed by atoms with Crippen LogP contribution in [0.1, 0.15) is 53.6 Å². The molecule has 2 amide bonds. The number of benzene rings is 1. The molecule has 0 saturated heterocycles. The molecule has 47 heavy (non-hydrogen) atoms. The van der Waals surface area contributed by atoms with Crippen LogP contribution in [-0.4, -0.2) is 65.7 Å². The van der Waals surface area contributed by atoms with E-state index in [0.717, 1.165) is 0 Å². The van der Waals surface area contributed by atoms with E-state index >= 15 is 4.39 Å². The summed E-state index contributed by atoms with van der Waals surface area (Å²) in [4.78, 5) is 59.4. The van der Waals surface area contributed by atoms with Crippen molar-refractivity contribution in [3.05, 3.63) is 82.4 Å². The van der Waals surface area contributed by atoms with Crippen LogP contribution in [0.2, 0.25) is 5.02 Å². The average molecular weight is 773 g/mol. The van der Waals surface area contributed by atoms with Gasteiger partial charge in [0.15, 0.2) is 5.60 Å². The first-order chi connectivity index (χ1) is 22.5. The minimum Gasteiger partial charge on any atom is -0.458 e. The minimum absolute atomic E-state index is 0.0158. The molecule has 0 fully saturated rings. The van der Waals surface area contributed by atoms with Crippen molar-refractivity contribution in [1.82, 2.24) is 19.8 Å². The number of halogens is 3. The van der Waals surface area contributed by atoms with Crippen molar-refractivity contribution in [2.45, 2.75) is 57.1 Å². The van der Waals surface area contributed by atoms with Crippen LogP contribution in [0.25, 0.3) is 22.3 Å². The van der Waals surface area contributed by atoms with E-state index in [1.807, 2.05) is 8.09 Å². The van der Waals surface area contributed by atoms with Gasteiger partial charge >= 0.3 is 5.97 Å². The summed E-state index contributed by atoms with van der Waals surface area (Å²) in [7, 11) is 0. The fourth-order valence-electron chi connectivity index (χ4n) is 7.43. The standard InChI is InChI=1S/C33H27ClFIN4O7/c1-2-33(46)19-7-23-29-17(10-40(23)31(44)18(19)13-47-32(33)45)27-21(4-3-15-26(27)22(38-29)8-20(35)28(15)34)37-25(42)12-39-11-24(41)14-5-6-36-9-16(14)30(39)43/h5-9,21,24,41,46H,2-4,10-13H2,1H3,(H,37,42)/t21?,24?,33-/m0/s1. The third-order valence-electron chi connectivity index (χ3n) is 9.78. The summed E-state index contributed by atoms with van der Waals surface area (Å²) in [6.07, 6.45) is 1.58. The molecule has 11 nitrogen and oxygen atoms in total. The van der Waals surface area contributed by atoms with Crippen molar-refractivity contribution >= 4 is 65.0 Å². The first kappa shape index (κ1) is 30.5. The molecule has 0 radical (unpaired) electrons. The molecule has 0 spiro atoms. The maximum atomic E-state index is 15.1. The zero-order chi connectivity index (χ0) is 32.9. The Labute approximate surface area is 281 Å². The van der Waals surface area contributed by atoms with Crippen LogP contribution in [0.4, 0.5) is 4.39 Å². The number of aryl methyl sites for hydroxylation is 1. The first-order valence-electron chi connectivity index (χ1n) is 15.1. The number of nitrogens with one attached hydrogen (secondary N) is 1. The normalized spacial score (nSPS) is 24.0. The molecule has 1 aromatic carbocycles. The Balaban J connectivity index is 1.22. The second-order valence-electron chi connectivity index (χ2n) is 12.3. The Bertz CT molecular complexity index is 2160. The molecule has 3 N–H and O–H groups in total. The lowest BCUT2D eigenvalue weighted by molar-refractivity contribution is -0.172. The van der Waals surface area contributed by atoms with Crippen LogP contribution in [0.15, 0.2) is 38.2 Å². The number of β-amino-alcohol motifs (C(OH)–C–C–N with tert-alkyl or cyclic N) is 1. The summed E-state index contributed by atoms with van der Waals surface area (Å²) in [6, 6.07) is 2.21. The molecule has 2 unspecified atom stereocenters. The fourth-order valence-corrected chi connectivity index (χ4v) is 9.46. The van der Waals surface area contributed by atoms with Crippen molar-refractivity contribution in [2.75, 3.05) is 13.1 Å². The summed E-state index contributed by atoms with van der Waals surface area (Å²) in [5.74, 6) is -2.23. The maximum Gasteiger partial charge on any atom is 0.343 e. The van der Waals surface area contributed by atoms with Gasteiger partial charge in [-0.05, 0) is 56.2 Å². The highest BCUT2D eigenvalue weighted by molar-refractivity contribution is 14.2. The first-order valence-corrected chi connectivity index (χ1v) is 18.0. The number of fused-ring (bicyclic) bond motifs is 5. The van der Waals surface area contributed by atoms with Gasteiger partial charge in [-0.15, -0.1) is 0 Å². The van der Waals surface area contributed by atoms with E-state index in [-0.39, 0.29) is 60.2 Å². The number of nitrogens with zero attached hydrogens (tertiary/aromatic N) is 3. The lowest BCUT2D eigenvalue weighted by Crippen LogP contribution is -2.49. The van der Waals surface area contributed by atoms with Gasteiger partial charge in [-0.25, -0.2) is 14.2 Å². The van der Waals surface area contributed by atoms with E-state index in [1.165, 1.54) is 15.5 Å². The van der Waals surface area contributed by atoms with E-state index in [0.29, 0.717) is 57.5 Å². The third-order valence-corrected chi connectivity index (χ3v) is 11.9. The summed E-state index contributed by atoms with van der Waals surface area (Å²) in [6.45, 7) is 1.12. The Morgan fingerprint density at radius 2 is 2.06 bits per heavy atom. The van der Waals surface area contributed by atoms with Crippen LogP contribution in [-0.2, 0) is 44.3 Å². The third kappa shape index (κ3) is 4.42. The highest BCUT2D eigenvalue weighted by atomic mass is 127. The number of esters is 1. The van der Waals surface area contributed by atoms with Gasteiger partial charge in [-0.1, -0.05) is 39.3 Å². The number of aliphatic hydroxyl groups is 2. The Morgan fingerprint density at radius 1 is 1.26 bits per heavy atom. The number of amides is 2. The molecule has 242 valence electrons. The van der Waals surface area contributed by atoms with Gasteiger partial charge in [0, 0.05) is 22.6 Å². The van der Waals surface area contributed by atoms with Gasteiger partial charge in [0.25, 0.3) is 11.5 Å². The second kappa shape index (κ2) is 10.9. The molecule has 3 aromatic rings. The van der Waals surface area contributed by atoms with E-state index in [9.17, 15) is 29.4 Å². The predicted molar refractivity (Wildman–Crippen MR) is 178 cm³/mol. The lowest BCUT2D eigenvalue weighted by Gasteiger charge is -2.33. The molecule has 0 saturated carbocycles. The molecule has 0 bridgehead atoms. The van der Waals surface area contributed by atoms with Gasteiger partial charge in [0.05, 0.1) is 64.8 Å². The molecule has 8 rings (SSSR count). The largest absolute Gasteiger partial charge is 0.458 e. The number of aliphatic hydroxyl groups excluding tert-OH is 1. The fraction of sp³-hybridized carbons (Fsp3) is 0.333. The summed E-state index contributed by atoms with van der Waals surface area (Å²) < 4.78 is 25.6. The highest BCUT2D eigenvalue weighted by Gasteiger charge is 2.46. The average Bonchev–Trinajstić information content (AvgIpc) is 3.43. The van der Waals surface area contributed by atoms with Crippen molar-refractivity contribution in [1.29, 1.82) is 0 Å². The number of carbonyl (C=O) groups excluding carboxylic acids is 3. The summed E-state index contributed by atoms with van der Waals surface area (Å²) in [5.41, 5.74) is 1.73. The van der Waals surface area contributed by atoms with Crippen molar-refractivity contribution < 1.29 is 33.7 Å². The van der Waals surface area contributed by atoms with Gasteiger partial charge < -0.3 is 29.7 Å². The zero-order valence-electron chi connectivity index (χ0n) is 24.9. The van der Waals surface area contributed by atoms with Crippen molar-refractivity contribution in [3.8, 4) is 11.4 Å². The number of aromatic nitrogens is 2. The van der Waals surface area contributed by atoms with Crippen LogP contribution in [0.5, 0.6) is 0 Å². The van der Waals surface area contributed by atoms with Crippen molar-refractivity contribution in [2.24, 2.45) is 0 Å². The monoisotopic (exact) mass is 772 g/mol. The molecule has 1 aliphatic carbocycles. The molecule has 3 atom stereocenters. The zero-order valence-corrected chi connectivity index (χ0v) is 27.8. The van der Waals surface area contributed by atoms with Gasteiger partial charge in [0.1, 0.15) is 12.4 Å². The molecule has 14 heteroatoms. The Morgan fingerprint density at radius 3 is 2.85 bits per heavy atom. The van der Waals surface area contributed by atoms with E-state index < -0.39 is 61.7 Å². The molecule has 6 heterocycles. The number of ether oxygens (including phenoxy) is 1. The lowest BCUT2D eigenvalue weighted by atomic mass is 9.83. The number of rotatable bonds is 4. The van der Waals surface area contributed by atoms with Gasteiger partial charge in [-0.3, -0.25) is 14.4 Å². The number of cyclic esters (lactones) is 1. The molecular formula is C33H27ClFIN4O7. The smallest absolute Gasteiger partial charge is 0.343 e.